The van der Waals surface area contributed by atoms with Crippen LogP contribution in [0.2, 0.25) is 0 Å². The molecule has 0 aliphatic heterocycles. The van der Waals surface area contributed by atoms with Crippen molar-refractivity contribution in [3.63, 3.8) is 0 Å². The molecule has 0 bridgehead atoms. The molecule has 0 saturated heterocycles. The van der Waals surface area contributed by atoms with Crippen molar-refractivity contribution in [3.05, 3.63) is 11.6 Å². The molecule has 0 aromatic rings. The topological polar surface area (TPSA) is 26.0 Å². The quantitative estimate of drug-likeness (QED) is 0.539. The summed E-state index contributed by atoms with van der Waals surface area (Å²) in [7, 11) is 0. The molecule has 0 fully saturated rings. The maximum absolute atomic E-state index is 5.37. The predicted octanol–water partition coefficient (Wildman–Crippen LogP) is 1.48. The molecular formula is C6H12ClN. The minimum absolute atomic E-state index is 0. The van der Waals surface area contributed by atoms with Gasteiger partial charge in [-0.2, -0.15) is 0 Å². The van der Waals surface area contributed by atoms with Gasteiger partial charge in [-0.3, -0.25) is 0 Å². The van der Waals surface area contributed by atoms with Crippen molar-refractivity contribution >= 4 is 12.4 Å². The van der Waals surface area contributed by atoms with E-state index in [0.29, 0.717) is 0 Å². The van der Waals surface area contributed by atoms with Crippen molar-refractivity contribution in [2.75, 3.05) is 6.54 Å². The van der Waals surface area contributed by atoms with Crippen LogP contribution in [0.4, 0.5) is 0 Å². The van der Waals surface area contributed by atoms with Crippen LogP contribution in [-0.4, -0.2) is 6.54 Å². The molecule has 1 nitrogen and oxygen atoms in total. The molecule has 2 heteroatoms. The highest BCUT2D eigenvalue weighted by Crippen LogP contribution is 2.15. The van der Waals surface area contributed by atoms with Crippen LogP contribution in [0.25, 0.3) is 0 Å². The first-order chi connectivity index (χ1) is 3.43. The molecular weight excluding hydrogens is 122 g/mol. The van der Waals surface area contributed by atoms with Gasteiger partial charge in [0.25, 0.3) is 0 Å². The largest absolute Gasteiger partial charge is 0.327 e. The Morgan fingerprint density at radius 2 is 2.38 bits per heavy atom. The SMILES string of the molecule is Cl.NCC1=CCCC1. The lowest BCUT2D eigenvalue weighted by atomic mass is 10.2. The first-order valence-corrected chi connectivity index (χ1v) is 2.81. The summed E-state index contributed by atoms with van der Waals surface area (Å²) < 4.78 is 0. The molecule has 48 valence electrons. The van der Waals surface area contributed by atoms with Crippen LogP contribution in [0.15, 0.2) is 11.6 Å². The molecule has 1 aliphatic carbocycles. The lowest BCUT2D eigenvalue weighted by molar-refractivity contribution is 0.889. The maximum Gasteiger partial charge on any atom is 0.0136 e. The minimum Gasteiger partial charge on any atom is -0.327 e. The summed E-state index contributed by atoms with van der Waals surface area (Å²) in [5.41, 5.74) is 6.81. The van der Waals surface area contributed by atoms with Gasteiger partial charge in [0.2, 0.25) is 0 Å². The number of nitrogens with two attached hydrogens (primary N) is 1. The zero-order chi connectivity index (χ0) is 5.11. The van der Waals surface area contributed by atoms with Gasteiger partial charge in [-0.15, -0.1) is 12.4 Å². The molecule has 1 aliphatic rings. The van der Waals surface area contributed by atoms with Crippen LogP contribution < -0.4 is 5.73 Å². The van der Waals surface area contributed by atoms with Gasteiger partial charge in [0.15, 0.2) is 0 Å². The Balaban J connectivity index is 0.000000490. The second-order valence-electron chi connectivity index (χ2n) is 1.96. The highest BCUT2D eigenvalue weighted by Gasteiger charge is 1.99. The second-order valence-corrected chi connectivity index (χ2v) is 1.96. The van der Waals surface area contributed by atoms with Gasteiger partial charge in [-0.05, 0) is 19.3 Å². The van der Waals surface area contributed by atoms with Gasteiger partial charge in [0.05, 0.1) is 0 Å². The third kappa shape index (κ3) is 1.85. The van der Waals surface area contributed by atoms with E-state index in [4.69, 9.17) is 5.73 Å². The monoisotopic (exact) mass is 133 g/mol. The van der Waals surface area contributed by atoms with Crippen molar-refractivity contribution in [1.29, 1.82) is 0 Å². The van der Waals surface area contributed by atoms with Crippen LogP contribution in [0.3, 0.4) is 0 Å². The molecule has 8 heavy (non-hydrogen) atoms. The van der Waals surface area contributed by atoms with Crippen molar-refractivity contribution in [2.24, 2.45) is 5.73 Å². The number of hydrogen-bond acceptors (Lipinski definition) is 1. The summed E-state index contributed by atoms with van der Waals surface area (Å²) in [6.45, 7) is 0.778. The molecule has 0 amide bonds. The van der Waals surface area contributed by atoms with Crippen LogP contribution in [0.5, 0.6) is 0 Å². The number of halogens is 1. The molecule has 0 atom stereocenters. The Hall–Kier alpha value is -0.0100. The average Bonchev–Trinajstić information content (AvgIpc) is 2.14. The number of allylic oxidation sites excluding steroid dienone is 1. The van der Waals surface area contributed by atoms with Gasteiger partial charge in [-0.1, -0.05) is 11.6 Å². The highest BCUT2D eigenvalue weighted by molar-refractivity contribution is 5.85. The van der Waals surface area contributed by atoms with Crippen molar-refractivity contribution in [3.8, 4) is 0 Å². The standard InChI is InChI=1S/C6H11N.ClH/c7-5-6-3-1-2-4-6;/h3H,1-2,4-5,7H2;1H. The number of rotatable bonds is 1. The molecule has 0 unspecified atom stereocenters. The molecule has 1 rings (SSSR count). The van der Waals surface area contributed by atoms with Gasteiger partial charge in [0.1, 0.15) is 0 Å². The summed E-state index contributed by atoms with van der Waals surface area (Å²) in [4.78, 5) is 0. The third-order valence-electron chi connectivity index (χ3n) is 1.40. The normalized spacial score (nSPS) is 17.4. The van der Waals surface area contributed by atoms with E-state index in [-0.39, 0.29) is 12.4 Å². The first kappa shape index (κ1) is 7.99. The molecule has 0 radical (unpaired) electrons. The van der Waals surface area contributed by atoms with Crippen LogP contribution in [0, 0.1) is 0 Å². The van der Waals surface area contributed by atoms with Crippen molar-refractivity contribution in [2.45, 2.75) is 19.3 Å². The van der Waals surface area contributed by atoms with E-state index in [9.17, 15) is 0 Å². The summed E-state index contributed by atoms with van der Waals surface area (Å²) in [5, 5.41) is 0. The molecule has 0 heterocycles. The fraction of sp³-hybridized carbons (Fsp3) is 0.667. The van der Waals surface area contributed by atoms with Gasteiger partial charge in [0, 0.05) is 6.54 Å². The summed E-state index contributed by atoms with van der Waals surface area (Å²) in [6.07, 6.45) is 6.08. The predicted molar refractivity (Wildman–Crippen MR) is 38.2 cm³/mol. The highest BCUT2D eigenvalue weighted by atomic mass is 35.5. The van der Waals surface area contributed by atoms with Gasteiger partial charge < -0.3 is 5.73 Å². The Morgan fingerprint density at radius 1 is 1.62 bits per heavy atom. The minimum atomic E-state index is 0. The van der Waals surface area contributed by atoms with E-state index in [0.717, 1.165) is 6.54 Å². The summed E-state index contributed by atoms with van der Waals surface area (Å²) in [5.74, 6) is 0. The van der Waals surface area contributed by atoms with E-state index in [1.807, 2.05) is 0 Å². The zero-order valence-corrected chi connectivity index (χ0v) is 5.71. The van der Waals surface area contributed by atoms with Crippen LogP contribution in [-0.2, 0) is 0 Å². The summed E-state index contributed by atoms with van der Waals surface area (Å²) in [6, 6.07) is 0. The van der Waals surface area contributed by atoms with Gasteiger partial charge >= 0.3 is 0 Å². The van der Waals surface area contributed by atoms with Crippen molar-refractivity contribution in [1.82, 2.24) is 0 Å². The zero-order valence-electron chi connectivity index (χ0n) is 4.89. The van der Waals surface area contributed by atoms with Crippen molar-refractivity contribution < 1.29 is 0 Å². The Morgan fingerprint density at radius 3 is 2.62 bits per heavy atom. The second kappa shape index (κ2) is 3.93. The van der Waals surface area contributed by atoms with Crippen LogP contribution >= 0.6 is 12.4 Å². The Labute approximate surface area is 56.4 Å². The molecule has 0 spiro atoms. The van der Waals surface area contributed by atoms with E-state index >= 15 is 0 Å². The molecule has 0 aromatic heterocycles. The number of hydrogen-bond donors (Lipinski definition) is 1. The smallest absolute Gasteiger partial charge is 0.0136 e. The fourth-order valence-corrected chi connectivity index (χ4v) is 0.923. The van der Waals surface area contributed by atoms with E-state index < -0.39 is 0 Å². The third-order valence-corrected chi connectivity index (χ3v) is 1.40. The van der Waals surface area contributed by atoms with E-state index in [1.165, 1.54) is 24.8 Å². The van der Waals surface area contributed by atoms with Crippen LogP contribution in [0.1, 0.15) is 19.3 Å². The molecule has 0 aromatic carbocycles. The lowest BCUT2D eigenvalue weighted by Gasteiger charge is -1.89. The lowest BCUT2D eigenvalue weighted by Crippen LogP contribution is -1.99. The fourth-order valence-electron chi connectivity index (χ4n) is 0.923. The molecule has 0 saturated carbocycles. The van der Waals surface area contributed by atoms with Gasteiger partial charge in [-0.25, -0.2) is 0 Å². The molecule has 2 N–H and O–H groups in total. The average molecular weight is 134 g/mol. The summed E-state index contributed by atoms with van der Waals surface area (Å²) >= 11 is 0. The van der Waals surface area contributed by atoms with E-state index in [2.05, 4.69) is 6.08 Å². The first-order valence-electron chi connectivity index (χ1n) is 2.81. The Kier molecular flexibility index (Phi) is 3.92. The maximum atomic E-state index is 5.37. The van der Waals surface area contributed by atoms with E-state index in [1.54, 1.807) is 0 Å². The Bertz CT molecular complexity index is 88.5.